The summed E-state index contributed by atoms with van der Waals surface area (Å²) in [6.45, 7) is 2.84. The average molecular weight is 551 g/mol. The molecule has 0 spiro atoms. The van der Waals surface area contributed by atoms with Crippen molar-refractivity contribution in [3.63, 3.8) is 0 Å². The molecule has 2 unspecified atom stereocenters. The third-order valence-electron chi connectivity index (χ3n) is 6.87. The van der Waals surface area contributed by atoms with E-state index in [1.165, 1.54) is 27.9 Å². The van der Waals surface area contributed by atoms with Crippen LogP contribution in [0, 0.1) is 0 Å². The molecule has 3 aromatic carbocycles. The van der Waals surface area contributed by atoms with Crippen molar-refractivity contribution in [1.29, 1.82) is 0 Å². The highest BCUT2D eigenvalue weighted by Crippen LogP contribution is 2.49. The maximum atomic E-state index is 12.6. The quantitative estimate of drug-likeness (QED) is 0.209. The number of urea groups is 1. The number of carbonyl (C=O) groups excluding carboxylic acids is 1. The number of alkyl halides is 1. The van der Waals surface area contributed by atoms with Crippen LogP contribution in [-0.2, 0) is 0 Å². The molecule has 2 aliphatic rings. The summed E-state index contributed by atoms with van der Waals surface area (Å²) in [5, 5.41) is 6.13. The average Bonchev–Trinajstić information content (AvgIpc) is 2.85. The fourth-order valence-corrected chi connectivity index (χ4v) is 5.75. The Morgan fingerprint density at radius 1 is 0.879 bits per heavy atom. The Hall–Kier alpha value is -2.54. The van der Waals surface area contributed by atoms with Crippen molar-refractivity contribution in [2.75, 3.05) is 34.3 Å². The number of hydrogen-bond acceptors (Lipinski definition) is 2. The minimum atomic E-state index is -0.122. The molecule has 0 fully saturated rings. The van der Waals surface area contributed by atoms with Crippen LogP contribution in [0.25, 0.3) is 0 Å². The molecule has 0 aliphatic carbocycles. The van der Waals surface area contributed by atoms with Gasteiger partial charge >= 0.3 is 6.03 Å². The summed E-state index contributed by atoms with van der Waals surface area (Å²) < 4.78 is 1.04. The molecule has 170 valence electrons. The monoisotopic (exact) mass is 551 g/mol. The molecule has 0 saturated heterocycles. The van der Waals surface area contributed by atoms with Gasteiger partial charge in [0, 0.05) is 47.3 Å². The predicted octanol–water partition coefficient (Wildman–Crippen LogP) is 6.51. The van der Waals surface area contributed by atoms with Crippen molar-refractivity contribution in [2.45, 2.75) is 31.1 Å². The Labute approximate surface area is 209 Å². The van der Waals surface area contributed by atoms with Crippen LogP contribution >= 0.6 is 22.6 Å². The van der Waals surface area contributed by atoms with Gasteiger partial charge < -0.3 is 15.5 Å². The normalized spacial score (nSPS) is 19.0. The summed E-state index contributed by atoms with van der Waals surface area (Å²) in [7, 11) is 0. The number of amides is 2. The zero-order chi connectivity index (χ0) is 22.6. The van der Waals surface area contributed by atoms with Crippen LogP contribution in [0.15, 0.2) is 72.8 Å². The molecule has 0 radical (unpaired) electrons. The van der Waals surface area contributed by atoms with Gasteiger partial charge in [-0.05, 0) is 53.6 Å². The lowest BCUT2D eigenvalue weighted by Gasteiger charge is -2.43. The van der Waals surface area contributed by atoms with Crippen molar-refractivity contribution in [3.05, 3.63) is 95.1 Å². The zero-order valence-corrected chi connectivity index (χ0v) is 20.9. The van der Waals surface area contributed by atoms with Crippen LogP contribution < -0.4 is 15.5 Å². The van der Waals surface area contributed by atoms with Gasteiger partial charge in [-0.3, -0.25) is 0 Å². The van der Waals surface area contributed by atoms with Crippen molar-refractivity contribution in [1.82, 2.24) is 5.32 Å². The standard InChI is InChI=1S/C28H30IN3O/c29-14-7-15-30-28(33)31-22-18-25-23(20-8-3-1-4-9-20)12-16-32-17-13-24(26(19-22)27(25)32)21-10-5-2-6-11-21/h1-6,8-11,18-19,23-24H,7,12-17H2,(H2,30,31,33). The van der Waals surface area contributed by atoms with Crippen molar-refractivity contribution in [2.24, 2.45) is 0 Å². The Bertz CT molecular complexity index is 1030. The molecule has 5 heteroatoms. The predicted molar refractivity (Wildman–Crippen MR) is 145 cm³/mol. The summed E-state index contributed by atoms with van der Waals surface area (Å²) >= 11 is 2.34. The highest BCUT2D eigenvalue weighted by Gasteiger charge is 2.35. The van der Waals surface area contributed by atoms with Crippen LogP contribution in [0.4, 0.5) is 16.2 Å². The number of halogens is 1. The first kappa shape index (κ1) is 22.3. The van der Waals surface area contributed by atoms with Gasteiger partial charge in [-0.1, -0.05) is 83.3 Å². The molecular formula is C28H30IN3O. The van der Waals surface area contributed by atoms with E-state index in [4.69, 9.17) is 0 Å². The number of anilines is 2. The van der Waals surface area contributed by atoms with E-state index in [9.17, 15) is 4.79 Å². The SMILES string of the molecule is O=C(NCCCI)Nc1cc2c3c(c1)C(c1ccccc1)CCN3CCC2c1ccccc1. The van der Waals surface area contributed by atoms with Crippen molar-refractivity contribution >= 4 is 40.0 Å². The van der Waals surface area contributed by atoms with Gasteiger partial charge in [0.05, 0.1) is 0 Å². The van der Waals surface area contributed by atoms with Crippen LogP contribution in [0.1, 0.15) is 53.4 Å². The van der Waals surface area contributed by atoms with E-state index in [0.717, 1.165) is 42.5 Å². The first-order chi connectivity index (χ1) is 16.2. The molecule has 0 aromatic heterocycles. The number of nitrogens with zero attached hydrogens (tertiary/aromatic N) is 1. The van der Waals surface area contributed by atoms with E-state index >= 15 is 0 Å². The van der Waals surface area contributed by atoms with Gasteiger partial charge in [0.25, 0.3) is 0 Å². The van der Waals surface area contributed by atoms with E-state index < -0.39 is 0 Å². The van der Waals surface area contributed by atoms with E-state index in [1.807, 2.05) is 0 Å². The fourth-order valence-electron chi connectivity index (χ4n) is 5.37. The van der Waals surface area contributed by atoms with Crippen LogP contribution in [0.3, 0.4) is 0 Å². The lowest BCUT2D eigenvalue weighted by atomic mass is 9.76. The second-order valence-electron chi connectivity index (χ2n) is 8.92. The fraction of sp³-hybridized carbons (Fsp3) is 0.321. The Kier molecular flexibility index (Phi) is 6.85. The van der Waals surface area contributed by atoms with E-state index in [2.05, 4.69) is 111 Å². The molecular weight excluding hydrogens is 521 g/mol. The molecule has 3 aromatic rings. The summed E-state index contributed by atoms with van der Waals surface area (Å²) in [5.74, 6) is 0.684. The molecule has 5 rings (SSSR count). The Balaban J connectivity index is 1.58. The van der Waals surface area contributed by atoms with Gasteiger partial charge in [0.1, 0.15) is 0 Å². The molecule has 2 aliphatic heterocycles. The molecule has 2 amide bonds. The number of nitrogens with one attached hydrogen (secondary N) is 2. The zero-order valence-electron chi connectivity index (χ0n) is 18.8. The molecule has 33 heavy (non-hydrogen) atoms. The highest BCUT2D eigenvalue weighted by atomic mass is 127. The smallest absolute Gasteiger partial charge is 0.319 e. The molecule has 2 atom stereocenters. The van der Waals surface area contributed by atoms with Gasteiger partial charge in [-0.2, -0.15) is 0 Å². The van der Waals surface area contributed by atoms with Crippen LogP contribution in [0.5, 0.6) is 0 Å². The summed E-state index contributed by atoms with van der Waals surface area (Å²) in [5.41, 5.74) is 7.66. The van der Waals surface area contributed by atoms with Gasteiger partial charge in [0.15, 0.2) is 0 Å². The Morgan fingerprint density at radius 2 is 1.42 bits per heavy atom. The second-order valence-corrected chi connectivity index (χ2v) is 10.00. The van der Waals surface area contributed by atoms with Crippen LogP contribution in [-0.4, -0.2) is 30.1 Å². The Morgan fingerprint density at radius 3 is 1.94 bits per heavy atom. The van der Waals surface area contributed by atoms with Gasteiger partial charge in [-0.15, -0.1) is 0 Å². The molecule has 0 saturated carbocycles. The topological polar surface area (TPSA) is 44.4 Å². The first-order valence-electron chi connectivity index (χ1n) is 11.9. The molecule has 0 bridgehead atoms. The summed E-state index contributed by atoms with van der Waals surface area (Å²) in [4.78, 5) is 15.2. The molecule has 2 heterocycles. The number of benzene rings is 3. The number of rotatable bonds is 6. The minimum absolute atomic E-state index is 0.122. The van der Waals surface area contributed by atoms with Crippen LogP contribution in [0.2, 0.25) is 0 Å². The van der Waals surface area contributed by atoms with Gasteiger partial charge in [0.2, 0.25) is 0 Å². The van der Waals surface area contributed by atoms with Crippen molar-refractivity contribution < 1.29 is 4.79 Å². The maximum absolute atomic E-state index is 12.6. The maximum Gasteiger partial charge on any atom is 0.319 e. The molecule has 4 nitrogen and oxygen atoms in total. The summed E-state index contributed by atoms with van der Waals surface area (Å²) in [6, 6.07) is 25.9. The highest BCUT2D eigenvalue weighted by molar-refractivity contribution is 14.1. The third kappa shape index (κ3) is 4.74. The van der Waals surface area contributed by atoms with Gasteiger partial charge in [-0.25, -0.2) is 4.79 Å². The first-order valence-corrected chi connectivity index (χ1v) is 13.4. The van der Waals surface area contributed by atoms with E-state index in [1.54, 1.807) is 0 Å². The number of carbonyl (C=O) groups is 1. The third-order valence-corrected chi connectivity index (χ3v) is 7.63. The lowest BCUT2D eigenvalue weighted by Crippen LogP contribution is -2.38. The largest absolute Gasteiger partial charge is 0.371 e. The van der Waals surface area contributed by atoms with Crippen molar-refractivity contribution in [3.8, 4) is 0 Å². The molecule has 2 N–H and O–H groups in total. The second kappa shape index (κ2) is 10.2. The number of hydrogen-bond donors (Lipinski definition) is 2. The minimum Gasteiger partial charge on any atom is -0.371 e. The lowest BCUT2D eigenvalue weighted by molar-refractivity contribution is 0.252. The summed E-state index contributed by atoms with van der Waals surface area (Å²) in [6.07, 6.45) is 3.17. The van der Waals surface area contributed by atoms with E-state index in [-0.39, 0.29) is 6.03 Å². The van der Waals surface area contributed by atoms with E-state index in [0.29, 0.717) is 18.4 Å².